The minimum absolute atomic E-state index is 0.240. The number of H-pyrrole nitrogens is 1. The van der Waals surface area contributed by atoms with Crippen LogP contribution in [0.15, 0.2) is 48.5 Å². The zero-order valence-corrected chi connectivity index (χ0v) is 13.6. The lowest BCUT2D eigenvalue weighted by atomic mass is 10.0. The van der Waals surface area contributed by atoms with Crippen LogP contribution in [-0.2, 0) is 0 Å². The van der Waals surface area contributed by atoms with E-state index < -0.39 is 5.97 Å². The number of rotatable bonds is 4. The van der Waals surface area contributed by atoms with E-state index >= 15 is 0 Å². The van der Waals surface area contributed by atoms with Gasteiger partial charge in [-0.15, -0.1) is 9.24 Å². The minimum atomic E-state index is -0.964. The maximum absolute atomic E-state index is 11.3. The molecule has 0 aliphatic rings. The summed E-state index contributed by atoms with van der Waals surface area (Å²) >= 11 is 0. The first-order valence-electron chi connectivity index (χ1n) is 6.92. The van der Waals surface area contributed by atoms with Gasteiger partial charge < -0.3 is 9.84 Å². The first-order chi connectivity index (χ1) is 11.1. The Bertz CT molecular complexity index is 874. The van der Waals surface area contributed by atoms with E-state index in [0.717, 1.165) is 22.3 Å². The van der Waals surface area contributed by atoms with Gasteiger partial charge in [0.1, 0.15) is 5.75 Å². The third kappa shape index (κ3) is 2.96. The number of aromatic nitrogens is 2. The van der Waals surface area contributed by atoms with Crippen molar-refractivity contribution >= 4 is 20.5 Å². The number of nitrogens with one attached hydrogen (secondary N) is 1. The number of aromatic amines is 1. The van der Waals surface area contributed by atoms with Crippen LogP contribution in [0.25, 0.3) is 22.5 Å². The van der Waals surface area contributed by atoms with E-state index in [2.05, 4.69) is 19.4 Å². The molecule has 23 heavy (non-hydrogen) atoms. The molecule has 2 N–H and O–H groups in total. The first kappa shape index (κ1) is 15.3. The molecule has 1 unspecified atom stereocenters. The Morgan fingerprint density at radius 2 is 2.00 bits per heavy atom. The van der Waals surface area contributed by atoms with Crippen molar-refractivity contribution in [3.63, 3.8) is 0 Å². The predicted octanol–water partition coefficient (Wildman–Crippen LogP) is 2.95. The lowest BCUT2D eigenvalue weighted by molar-refractivity contribution is 0.0697. The number of carboxylic acids is 1. The van der Waals surface area contributed by atoms with Gasteiger partial charge in [0.2, 0.25) is 0 Å². The fourth-order valence-corrected chi connectivity index (χ4v) is 2.80. The fraction of sp³-hybridized carbons (Fsp3) is 0.0588. The second-order valence-electron chi connectivity index (χ2n) is 4.97. The topological polar surface area (TPSA) is 75.2 Å². The van der Waals surface area contributed by atoms with Gasteiger partial charge in [0.25, 0.3) is 0 Å². The van der Waals surface area contributed by atoms with Crippen molar-refractivity contribution in [3.05, 3.63) is 54.1 Å². The summed E-state index contributed by atoms with van der Waals surface area (Å²) < 4.78 is 5.24. The van der Waals surface area contributed by atoms with E-state index in [1.807, 2.05) is 24.3 Å². The Balaban J connectivity index is 2.01. The van der Waals surface area contributed by atoms with Crippen molar-refractivity contribution in [3.8, 4) is 28.3 Å². The summed E-state index contributed by atoms with van der Waals surface area (Å²) in [6.07, 6.45) is 0. The van der Waals surface area contributed by atoms with Gasteiger partial charge in [0.15, 0.2) is 0 Å². The van der Waals surface area contributed by atoms with Crippen molar-refractivity contribution in [2.45, 2.75) is 0 Å². The van der Waals surface area contributed by atoms with Gasteiger partial charge in [0, 0.05) is 16.4 Å². The Morgan fingerprint density at radius 1 is 1.22 bits per heavy atom. The van der Waals surface area contributed by atoms with Gasteiger partial charge in [-0.25, -0.2) is 4.79 Å². The highest BCUT2D eigenvalue weighted by atomic mass is 31.0. The second kappa shape index (κ2) is 6.23. The normalized spacial score (nSPS) is 10.5. The lowest BCUT2D eigenvalue weighted by Crippen LogP contribution is -1.99. The highest BCUT2D eigenvalue weighted by molar-refractivity contribution is 7.27. The predicted molar refractivity (Wildman–Crippen MR) is 92.3 cm³/mol. The average Bonchev–Trinajstić information content (AvgIpc) is 3.04. The van der Waals surface area contributed by atoms with E-state index in [1.165, 1.54) is 0 Å². The number of hydrogen-bond acceptors (Lipinski definition) is 3. The Hall–Kier alpha value is -2.65. The third-order valence-corrected chi connectivity index (χ3v) is 4.00. The van der Waals surface area contributed by atoms with Crippen LogP contribution in [0.5, 0.6) is 5.75 Å². The maximum atomic E-state index is 11.3. The molecule has 1 aromatic heterocycles. The van der Waals surface area contributed by atoms with Crippen LogP contribution in [-0.4, -0.2) is 28.4 Å². The molecule has 0 radical (unpaired) electrons. The highest BCUT2D eigenvalue weighted by Gasteiger charge is 2.14. The van der Waals surface area contributed by atoms with Crippen LogP contribution in [0.3, 0.4) is 0 Å². The molecule has 0 amide bonds. The standard InChI is InChI=1S/C17H15N2O3P/c1-22-15-7-6-10(8-16(15)23)13-9-14(19-18-13)11-4-2-3-5-12(11)17(20)21/h2-9H,23H2,1H3,(H,18,19)(H,20,21). The summed E-state index contributed by atoms with van der Waals surface area (Å²) in [5.41, 5.74) is 3.18. The molecule has 3 rings (SSSR count). The number of methoxy groups -OCH3 is 1. The van der Waals surface area contributed by atoms with Crippen molar-refractivity contribution < 1.29 is 14.6 Å². The van der Waals surface area contributed by atoms with E-state index in [1.54, 1.807) is 31.4 Å². The van der Waals surface area contributed by atoms with Crippen LogP contribution < -0.4 is 10.0 Å². The quantitative estimate of drug-likeness (QED) is 0.723. The van der Waals surface area contributed by atoms with Crippen LogP contribution >= 0.6 is 9.24 Å². The van der Waals surface area contributed by atoms with E-state index in [4.69, 9.17) is 4.74 Å². The van der Waals surface area contributed by atoms with E-state index in [0.29, 0.717) is 11.3 Å². The molecule has 5 nitrogen and oxygen atoms in total. The molecule has 0 bridgehead atoms. The van der Waals surface area contributed by atoms with E-state index in [9.17, 15) is 9.90 Å². The van der Waals surface area contributed by atoms with Crippen LogP contribution in [0, 0.1) is 0 Å². The minimum Gasteiger partial charge on any atom is -0.496 e. The molecule has 3 aromatic rings. The zero-order valence-electron chi connectivity index (χ0n) is 12.4. The average molecular weight is 326 g/mol. The molecule has 0 fully saturated rings. The molecule has 116 valence electrons. The summed E-state index contributed by atoms with van der Waals surface area (Å²) in [4.78, 5) is 11.3. The maximum Gasteiger partial charge on any atom is 0.336 e. The molecule has 0 spiro atoms. The molecule has 0 saturated heterocycles. The zero-order chi connectivity index (χ0) is 16.4. The van der Waals surface area contributed by atoms with Gasteiger partial charge >= 0.3 is 5.97 Å². The molecule has 1 heterocycles. The van der Waals surface area contributed by atoms with Gasteiger partial charge in [-0.05, 0) is 30.3 Å². The third-order valence-electron chi connectivity index (χ3n) is 3.55. The van der Waals surface area contributed by atoms with Gasteiger partial charge in [-0.2, -0.15) is 5.10 Å². The summed E-state index contributed by atoms with van der Waals surface area (Å²) in [6, 6.07) is 14.4. The Kier molecular flexibility index (Phi) is 4.13. The largest absolute Gasteiger partial charge is 0.496 e. The van der Waals surface area contributed by atoms with Crippen molar-refractivity contribution in [1.82, 2.24) is 10.2 Å². The molecular weight excluding hydrogens is 311 g/mol. The summed E-state index contributed by atoms with van der Waals surface area (Å²) in [5, 5.41) is 17.4. The molecule has 0 aliphatic heterocycles. The van der Waals surface area contributed by atoms with Crippen LogP contribution in [0.2, 0.25) is 0 Å². The van der Waals surface area contributed by atoms with E-state index in [-0.39, 0.29) is 5.56 Å². The number of nitrogens with zero attached hydrogens (tertiary/aromatic N) is 1. The molecule has 6 heteroatoms. The number of hydrogen-bond donors (Lipinski definition) is 2. The monoisotopic (exact) mass is 326 g/mol. The smallest absolute Gasteiger partial charge is 0.336 e. The number of carboxylic acid groups (broad SMARTS) is 1. The second-order valence-corrected chi connectivity index (χ2v) is 5.60. The molecule has 1 atom stereocenters. The number of ether oxygens (including phenoxy) is 1. The molecule has 2 aromatic carbocycles. The lowest BCUT2D eigenvalue weighted by Gasteiger charge is -2.05. The van der Waals surface area contributed by atoms with Crippen LogP contribution in [0.1, 0.15) is 10.4 Å². The van der Waals surface area contributed by atoms with Crippen molar-refractivity contribution in [1.29, 1.82) is 0 Å². The highest BCUT2D eigenvalue weighted by Crippen LogP contribution is 2.27. The van der Waals surface area contributed by atoms with Gasteiger partial charge in [0.05, 0.1) is 24.1 Å². The molecular formula is C17H15N2O3P. The number of aromatic carboxylic acids is 1. The van der Waals surface area contributed by atoms with Crippen LogP contribution in [0.4, 0.5) is 0 Å². The first-order valence-corrected chi connectivity index (χ1v) is 7.50. The summed E-state index contributed by atoms with van der Waals surface area (Å²) in [6.45, 7) is 0. The Morgan fingerprint density at radius 3 is 2.70 bits per heavy atom. The van der Waals surface area contributed by atoms with Gasteiger partial charge in [-0.1, -0.05) is 18.2 Å². The molecule has 0 aliphatic carbocycles. The summed E-state index contributed by atoms with van der Waals surface area (Å²) in [5.74, 6) is -0.181. The molecule has 0 saturated carbocycles. The van der Waals surface area contributed by atoms with Gasteiger partial charge in [-0.3, -0.25) is 5.10 Å². The summed E-state index contributed by atoms with van der Waals surface area (Å²) in [7, 11) is 4.25. The SMILES string of the molecule is COc1ccc(-c2cc(-c3ccccc3C(=O)O)[nH]n2)cc1P. The van der Waals surface area contributed by atoms with Crippen molar-refractivity contribution in [2.24, 2.45) is 0 Å². The number of benzene rings is 2. The number of carbonyl (C=O) groups is 1. The van der Waals surface area contributed by atoms with Crippen molar-refractivity contribution in [2.75, 3.05) is 7.11 Å². The fourth-order valence-electron chi connectivity index (χ4n) is 2.41. The Labute approximate surface area is 135 Å².